The lowest BCUT2D eigenvalue weighted by molar-refractivity contribution is 0.305. The molecule has 0 fully saturated rings. The molecular formula is C19H15ClN2O2S. The van der Waals surface area contributed by atoms with E-state index in [4.69, 9.17) is 16.3 Å². The Balaban J connectivity index is 1.67. The maximum absolute atomic E-state index is 12.4. The molecule has 3 aromatic rings. The summed E-state index contributed by atoms with van der Waals surface area (Å²) in [4.78, 5) is 17.6. The number of ether oxygens (including phenoxy) is 1. The number of benzene rings is 2. The molecular weight excluding hydrogens is 356 g/mol. The molecule has 6 heteroatoms. The van der Waals surface area contributed by atoms with Gasteiger partial charge in [0.1, 0.15) is 12.4 Å². The summed E-state index contributed by atoms with van der Waals surface area (Å²) in [5.41, 5.74) is 1.81. The van der Waals surface area contributed by atoms with Gasteiger partial charge in [-0.15, -0.1) is 0 Å². The van der Waals surface area contributed by atoms with E-state index in [0.29, 0.717) is 29.3 Å². The smallest absolute Gasteiger partial charge is 0.270 e. The van der Waals surface area contributed by atoms with Crippen molar-refractivity contribution in [3.8, 4) is 5.75 Å². The van der Waals surface area contributed by atoms with Crippen molar-refractivity contribution in [2.75, 3.05) is 6.54 Å². The van der Waals surface area contributed by atoms with E-state index in [1.54, 1.807) is 4.57 Å². The molecule has 0 saturated carbocycles. The van der Waals surface area contributed by atoms with E-state index in [0.717, 1.165) is 21.7 Å². The van der Waals surface area contributed by atoms with Gasteiger partial charge in [0.2, 0.25) is 0 Å². The molecule has 0 atom stereocenters. The van der Waals surface area contributed by atoms with Crippen LogP contribution in [0.25, 0.3) is 6.08 Å². The van der Waals surface area contributed by atoms with Crippen LogP contribution in [0.5, 0.6) is 5.75 Å². The van der Waals surface area contributed by atoms with Gasteiger partial charge in [0.25, 0.3) is 5.56 Å². The first-order valence-electron chi connectivity index (χ1n) is 7.93. The van der Waals surface area contributed by atoms with Gasteiger partial charge in [0.05, 0.1) is 11.1 Å². The Hall–Kier alpha value is -2.37. The molecule has 0 unspecified atom stereocenters. The van der Waals surface area contributed by atoms with E-state index in [9.17, 15) is 4.79 Å². The van der Waals surface area contributed by atoms with Crippen LogP contribution in [0.3, 0.4) is 0 Å². The first kappa shape index (κ1) is 16.1. The summed E-state index contributed by atoms with van der Waals surface area (Å²) >= 11 is 7.60. The molecule has 0 aliphatic carbocycles. The summed E-state index contributed by atoms with van der Waals surface area (Å²) < 4.78 is 8.35. The van der Waals surface area contributed by atoms with Crippen LogP contribution in [0.1, 0.15) is 11.1 Å². The highest BCUT2D eigenvalue weighted by atomic mass is 35.5. The number of para-hydroxylation sites is 1. The second kappa shape index (κ2) is 6.86. The van der Waals surface area contributed by atoms with Gasteiger partial charge in [-0.3, -0.25) is 14.4 Å². The minimum absolute atomic E-state index is 0.0159. The number of fused-ring (bicyclic) bond motifs is 1. The monoisotopic (exact) mass is 370 g/mol. The number of rotatable bonds is 4. The molecule has 1 aromatic heterocycles. The first-order chi connectivity index (χ1) is 12.2. The fraction of sp³-hybridized carbons (Fsp3) is 0.158. The number of thiazole rings is 1. The van der Waals surface area contributed by atoms with Crippen LogP contribution >= 0.6 is 22.9 Å². The third-order valence-electron chi connectivity index (χ3n) is 4.01. The van der Waals surface area contributed by atoms with Crippen LogP contribution in [0.2, 0.25) is 5.02 Å². The summed E-state index contributed by atoms with van der Waals surface area (Å²) in [7, 11) is 0. The number of hydrogen-bond acceptors (Lipinski definition) is 4. The van der Waals surface area contributed by atoms with Crippen LogP contribution in [0.4, 0.5) is 0 Å². The summed E-state index contributed by atoms with van der Waals surface area (Å²) in [5.74, 6) is 0.720. The highest BCUT2D eigenvalue weighted by Crippen LogP contribution is 2.22. The van der Waals surface area contributed by atoms with Gasteiger partial charge in [-0.25, -0.2) is 0 Å². The van der Waals surface area contributed by atoms with E-state index in [-0.39, 0.29) is 5.56 Å². The predicted molar refractivity (Wildman–Crippen MR) is 100 cm³/mol. The van der Waals surface area contributed by atoms with Crippen molar-refractivity contribution in [1.82, 2.24) is 4.57 Å². The Morgan fingerprint density at radius 1 is 1.20 bits per heavy atom. The molecule has 0 spiro atoms. The van der Waals surface area contributed by atoms with Gasteiger partial charge in [0.15, 0.2) is 4.80 Å². The van der Waals surface area contributed by atoms with E-state index >= 15 is 0 Å². The van der Waals surface area contributed by atoms with Gasteiger partial charge in [-0.1, -0.05) is 59.3 Å². The molecule has 0 bridgehead atoms. The van der Waals surface area contributed by atoms with Crippen LogP contribution in [-0.2, 0) is 13.2 Å². The topological polar surface area (TPSA) is 43.6 Å². The van der Waals surface area contributed by atoms with Crippen molar-refractivity contribution >= 4 is 29.0 Å². The maximum atomic E-state index is 12.4. The Bertz CT molecular complexity index is 1100. The quantitative estimate of drug-likeness (QED) is 0.708. The Morgan fingerprint density at radius 3 is 2.84 bits per heavy atom. The van der Waals surface area contributed by atoms with E-state index in [1.165, 1.54) is 11.3 Å². The van der Waals surface area contributed by atoms with Gasteiger partial charge in [-0.05, 0) is 18.2 Å². The Labute approximate surface area is 153 Å². The fourth-order valence-corrected chi connectivity index (χ4v) is 3.92. The summed E-state index contributed by atoms with van der Waals surface area (Å²) in [5, 5.41) is 0.679. The van der Waals surface area contributed by atoms with E-state index in [1.807, 2.05) is 54.6 Å². The van der Waals surface area contributed by atoms with Gasteiger partial charge in [-0.2, -0.15) is 0 Å². The summed E-state index contributed by atoms with van der Waals surface area (Å²) in [6.45, 7) is 1.74. The lowest BCUT2D eigenvalue weighted by Gasteiger charge is -2.10. The molecule has 0 saturated heterocycles. The molecule has 1 aliphatic rings. The lowest BCUT2D eigenvalue weighted by atomic mass is 10.2. The zero-order valence-corrected chi connectivity index (χ0v) is 14.9. The summed E-state index contributed by atoms with van der Waals surface area (Å²) in [6, 6.07) is 15.3. The van der Waals surface area contributed by atoms with Crippen LogP contribution in [-0.4, -0.2) is 11.1 Å². The molecule has 4 rings (SSSR count). The minimum Gasteiger partial charge on any atom is -0.488 e. The van der Waals surface area contributed by atoms with Gasteiger partial charge in [0, 0.05) is 22.7 Å². The van der Waals surface area contributed by atoms with E-state index in [2.05, 4.69) is 4.99 Å². The average molecular weight is 371 g/mol. The Kier molecular flexibility index (Phi) is 4.42. The van der Waals surface area contributed by atoms with Crippen LogP contribution < -0.4 is 19.6 Å². The average Bonchev–Trinajstić information content (AvgIpc) is 3.19. The van der Waals surface area contributed by atoms with Gasteiger partial charge < -0.3 is 4.74 Å². The molecule has 126 valence electrons. The van der Waals surface area contributed by atoms with Crippen LogP contribution in [0.15, 0.2) is 58.3 Å². The molecule has 1 aliphatic heterocycles. The van der Waals surface area contributed by atoms with Crippen molar-refractivity contribution in [1.29, 1.82) is 0 Å². The number of nitrogens with zero attached hydrogens (tertiary/aromatic N) is 2. The zero-order valence-electron chi connectivity index (χ0n) is 13.3. The van der Waals surface area contributed by atoms with Crippen molar-refractivity contribution in [2.45, 2.75) is 13.2 Å². The zero-order chi connectivity index (χ0) is 17.2. The fourth-order valence-electron chi connectivity index (χ4n) is 2.71. The number of aromatic nitrogens is 1. The second-order valence-electron chi connectivity index (χ2n) is 5.65. The molecule has 0 N–H and O–H groups in total. The Morgan fingerprint density at radius 2 is 2.00 bits per heavy atom. The largest absolute Gasteiger partial charge is 0.488 e. The normalized spacial score (nSPS) is 13.6. The maximum Gasteiger partial charge on any atom is 0.270 e. The summed E-state index contributed by atoms with van der Waals surface area (Å²) in [6.07, 6.45) is 1.87. The highest BCUT2D eigenvalue weighted by Gasteiger charge is 2.10. The molecule has 0 amide bonds. The number of halogens is 1. The van der Waals surface area contributed by atoms with Crippen molar-refractivity contribution in [3.05, 3.63) is 84.4 Å². The standard InChI is InChI=1S/C19H15ClN2O2S/c20-15-7-3-1-6-14(15)12-24-16-8-4-2-5-13(16)11-17-18(23)22-10-9-21-19(22)25-17/h1-8,11H,9-10,12H2. The van der Waals surface area contributed by atoms with Crippen molar-refractivity contribution in [3.63, 3.8) is 0 Å². The molecule has 2 aromatic carbocycles. The third-order valence-corrected chi connectivity index (χ3v) is 5.42. The van der Waals surface area contributed by atoms with Crippen molar-refractivity contribution < 1.29 is 4.74 Å². The van der Waals surface area contributed by atoms with Crippen LogP contribution in [0, 0.1) is 0 Å². The minimum atomic E-state index is 0.0159. The second-order valence-corrected chi connectivity index (χ2v) is 7.07. The SMILES string of the molecule is O=c1c(=Cc2ccccc2OCc2ccccc2Cl)sc2n1CCN=2. The third kappa shape index (κ3) is 3.25. The predicted octanol–water partition coefficient (Wildman–Crippen LogP) is 2.60. The molecule has 2 heterocycles. The number of hydrogen-bond donors (Lipinski definition) is 0. The van der Waals surface area contributed by atoms with Crippen molar-refractivity contribution in [2.24, 2.45) is 4.99 Å². The highest BCUT2D eigenvalue weighted by molar-refractivity contribution is 7.07. The first-order valence-corrected chi connectivity index (χ1v) is 9.13. The van der Waals surface area contributed by atoms with Gasteiger partial charge >= 0.3 is 0 Å². The lowest BCUT2D eigenvalue weighted by Crippen LogP contribution is -2.29. The van der Waals surface area contributed by atoms with E-state index < -0.39 is 0 Å². The molecule has 25 heavy (non-hydrogen) atoms. The molecule has 4 nitrogen and oxygen atoms in total. The molecule has 0 radical (unpaired) electrons.